The Kier molecular flexibility index (Phi) is 12.7. The lowest BCUT2D eigenvalue weighted by atomic mass is 10.1. The molecule has 248 valence electrons. The smallest absolute Gasteiger partial charge is 0.257 e. The number of ether oxygens (including phenoxy) is 2. The van der Waals surface area contributed by atoms with Crippen LogP contribution in [0.1, 0.15) is 52.5 Å². The summed E-state index contributed by atoms with van der Waals surface area (Å²) in [5.74, 6) is -0.204. The van der Waals surface area contributed by atoms with Gasteiger partial charge in [-0.05, 0) is 115 Å². The molecular weight excluding hydrogens is 668 g/mol. The summed E-state index contributed by atoms with van der Waals surface area (Å²) in [6.45, 7) is 3.13. The molecule has 1 saturated heterocycles. The van der Waals surface area contributed by atoms with Crippen molar-refractivity contribution in [3.8, 4) is 11.5 Å². The Balaban J connectivity index is 1.46. The number of likely N-dealkylation sites (tertiary alicyclic amines) is 1. The van der Waals surface area contributed by atoms with Crippen LogP contribution in [0.3, 0.4) is 0 Å². The van der Waals surface area contributed by atoms with Crippen molar-refractivity contribution in [2.24, 2.45) is 10.7 Å². The zero-order valence-corrected chi connectivity index (χ0v) is 28.0. The molecule has 0 spiro atoms. The molecule has 47 heavy (non-hydrogen) atoms. The van der Waals surface area contributed by atoms with Crippen molar-refractivity contribution in [3.05, 3.63) is 87.9 Å². The second kappa shape index (κ2) is 17.1. The number of benzene rings is 3. The lowest BCUT2D eigenvalue weighted by Crippen LogP contribution is -2.45. The third-order valence-electron chi connectivity index (χ3n) is 7.42. The van der Waals surface area contributed by atoms with Crippen molar-refractivity contribution in [3.63, 3.8) is 0 Å². The van der Waals surface area contributed by atoms with E-state index in [2.05, 4.69) is 36.9 Å². The number of anilines is 1. The molecule has 0 aromatic heterocycles. The second-order valence-corrected chi connectivity index (χ2v) is 11.7. The largest absolute Gasteiger partial charge is 0.496 e. The van der Waals surface area contributed by atoms with E-state index >= 15 is 0 Å². The average molecular weight is 708 g/mol. The van der Waals surface area contributed by atoms with E-state index in [0.29, 0.717) is 56.8 Å². The summed E-state index contributed by atoms with van der Waals surface area (Å²) in [5.41, 5.74) is 7.49. The van der Waals surface area contributed by atoms with Crippen LogP contribution >= 0.6 is 15.9 Å². The number of halogens is 1. The van der Waals surface area contributed by atoms with E-state index in [9.17, 15) is 19.2 Å². The molecule has 5 N–H and O–H groups in total. The molecule has 0 saturated carbocycles. The monoisotopic (exact) mass is 706 g/mol. The summed E-state index contributed by atoms with van der Waals surface area (Å²) in [7, 11) is 1.60. The van der Waals surface area contributed by atoms with Gasteiger partial charge in [0.2, 0.25) is 23.7 Å². The van der Waals surface area contributed by atoms with Gasteiger partial charge in [0.05, 0.1) is 24.7 Å². The van der Waals surface area contributed by atoms with E-state index in [1.165, 1.54) is 29.2 Å². The van der Waals surface area contributed by atoms with Crippen LogP contribution in [0.5, 0.6) is 11.5 Å². The standard InChI is InChI=1S/C34H39BrN6O6/c1-3-47-26-14-12-25(13-15-26)38-34(40-32(44)24-10-8-23(9-11-24)31(36)43)39-28-6-4-5-19-41(33(28)45)21-30(42)37-18-17-22-7-16-29(46-2)27(35)20-22/h7-16,20,28H,3-6,17-19,21H2,1-2H3,(H2,36,43)(H,37,42)(H2,38,39,40,44). The highest BCUT2D eigenvalue weighted by atomic mass is 79.9. The minimum absolute atomic E-state index is 0.0634. The Bertz CT molecular complexity index is 1600. The van der Waals surface area contributed by atoms with Gasteiger partial charge in [-0.1, -0.05) is 6.07 Å². The van der Waals surface area contributed by atoms with E-state index in [1.807, 2.05) is 25.1 Å². The van der Waals surface area contributed by atoms with E-state index in [1.54, 1.807) is 31.4 Å². The highest BCUT2D eigenvalue weighted by Crippen LogP contribution is 2.25. The maximum absolute atomic E-state index is 13.7. The zero-order chi connectivity index (χ0) is 33.8. The van der Waals surface area contributed by atoms with Crippen LogP contribution in [0.2, 0.25) is 0 Å². The van der Waals surface area contributed by atoms with E-state index in [4.69, 9.17) is 15.2 Å². The van der Waals surface area contributed by atoms with Gasteiger partial charge in [-0.15, -0.1) is 0 Å². The van der Waals surface area contributed by atoms with Gasteiger partial charge in [0.15, 0.2) is 0 Å². The molecule has 1 unspecified atom stereocenters. The molecule has 13 heteroatoms. The maximum atomic E-state index is 13.7. The summed E-state index contributed by atoms with van der Waals surface area (Å²) in [4.78, 5) is 57.3. The number of carbonyl (C=O) groups is 4. The van der Waals surface area contributed by atoms with Crippen LogP contribution in [0.15, 0.2) is 76.2 Å². The Hall–Kier alpha value is -4.91. The van der Waals surface area contributed by atoms with Crippen molar-refractivity contribution in [1.29, 1.82) is 0 Å². The number of hydrogen-bond acceptors (Lipinski definition) is 7. The Morgan fingerprint density at radius 2 is 1.74 bits per heavy atom. The van der Waals surface area contributed by atoms with Gasteiger partial charge in [-0.3, -0.25) is 24.5 Å². The number of methoxy groups -OCH3 is 1. The third-order valence-corrected chi connectivity index (χ3v) is 8.04. The maximum Gasteiger partial charge on any atom is 0.257 e. The first kappa shape index (κ1) is 35.0. The number of aliphatic imine (C=N–C) groups is 1. The van der Waals surface area contributed by atoms with Crippen LogP contribution in [-0.4, -0.2) is 73.9 Å². The van der Waals surface area contributed by atoms with Crippen molar-refractivity contribution in [2.75, 3.05) is 38.7 Å². The third kappa shape index (κ3) is 10.3. The van der Waals surface area contributed by atoms with Gasteiger partial charge in [-0.2, -0.15) is 0 Å². The molecule has 3 aromatic rings. The SMILES string of the molecule is CCOc1ccc(NC(=NC2CCCCN(CC(=O)NCCc3ccc(OC)c(Br)c3)C2=O)NC(=O)c2ccc(C(N)=O)cc2)cc1. The Morgan fingerprint density at radius 1 is 1.02 bits per heavy atom. The van der Waals surface area contributed by atoms with Crippen molar-refractivity contribution in [2.45, 2.75) is 38.6 Å². The van der Waals surface area contributed by atoms with Crippen LogP contribution < -0.4 is 31.2 Å². The number of carbonyl (C=O) groups excluding carboxylic acids is 4. The normalized spacial score (nSPS) is 15.0. The lowest BCUT2D eigenvalue weighted by molar-refractivity contribution is -0.136. The zero-order valence-electron chi connectivity index (χ0n) is 26.4. The fourth-order valence-electron chi connectivity index (χ4n) is 4.96. The van der Waals surface area contributed by atoms with Crippen molar-refractivity contribution >= 4 is 51.2 Å². The number of nitrogens with one attached hydrogen (secondary N) is 3. The molecule has 1 heterocycles. The fraction of sp³-hybridized carbons (Fsp3) is 0.324. The minimum Gasteiger partial charge on any atom is -0.496 e. The first-order chi connectivity index (χ1) is 22.7. The van der Waals surface area contributed by atoms with Crippen LogP contribution in [0.25, 0.3) is 0 Å². The Labute approximate surface area is 282 Å². The number of nitrogens with two attached hydrogens (primary N) is 1. The van der Waals surface area contributed by atoms with Crippen molar-refractivity contribution in [1.82, 2.24) is 15.5 Å². The number of hydrogen-bond donors (Lipinski definition) is 4. The highest BCUT2D eigenvalue weighted by molar-refractivity contribution is 9.10. The predicted molar refractivity (Wildman–Crippen MR) is 183 cm³/mol. The van der Waals surface area contributed by atoms with Crippen LogP contribution in [0.4, 0.5) is 5.69 Å². The number of rotatable bonds is 12. The number of guanidine groups is 1. The number of primary amides is 1. The van der Waals surface area contributed by atoms with Crippen LogP contribution in [0, 0.1) is 0 Å². The minimum atomic E-state index is -0.829. The molecule has 1 aliphatic rings. The molecule has 12 nitrogen and oxygen atoms in total. The molecule has 1 aliphatic heterocycles. The molecular formula is C34H39BrN6O6. The van der Waals surface area contributed by atoms with Gasteiger partial charge in [-0.25, -0.2) is 4.99 Å². The van der Waals surface area contributed by atoms with E-state index < -0.39 is 17.9 Å². The first-order valence-corrected chi connectivity index (χ1v) is 16.1. The molecule has 0 radical (unpaired) electrons. The molecule has 0 aliphatic carbocycles. The summed E-state index contributed by atoms with van der Waals surface area (Å²) >= 11 is 3.47. The topological polar surface area (TPSA) is 164 Å². The average Bonchev–Trinajstić information content (AvgIpc) is 3.22. The van der Waals surface area contributed by atoms with E-state index in [0.717, 1.165) is 15.8 Å². The first-order valence-electron chi connectivity index (χ1n) is 15.3. The second-order valence-electron chi connectivity index (χ2n) is 10.8. The summed E-state index contributed by atoms with van der Waals surface area (Å²) in [6, 6.07) is 17.9. The summed E-state index contributed by atoms with van der Waals surface area (Å²) in [5, 5.41) is 8.76. The number of nitrogens with zero attached hydrogens (tertiary/aromatic N) is 2. The van der Waals surface area contributed by atoms with Crippen molar-refractivity contribution < 1.29 is 28.7 Å². The molecule has 1 fully saturated rings. The molecule has 1 atom stereocenters. The van der Waals surface area contributed by atoms with E-state index in [-0.39, 0.29) is 35.4 Å². The van der Waals surface area contributed by atoms with Gasteiger partial charge in [0, 0.05) is 29.9 Å². The lowest BCUT2D eigenvalue weighted by Gasteiger charge is -2.23. The molecule has 3 aromatic carbocycles. The van der Waals surface area contributed by atoms with Crippen LogP contribution in [-0.2, 0) is 16.0 Å². The number of amides is 4. The molecule has 4 rings (SSSR count). The molecule has 4 amide bonds. The van der Waals surface area contributed by atoms with Gasteiger partial charge < -0.3 is 30.7 Å². The molecule has 0 bridgehead atoms. The summed E-state index contributed by atoms with van der Waals surface area (Å²) in [6.07, 6.45) is 2.48. The predicted octanol–water partition coefficient (Wildman–Crippen LogP) is 3.89. The van der Waals surface area contributed by atoms with Gasteiger partial charge in [0.25, 0.3) is 5.91 Å². The van der Waals surface area contributed by atoms with Gasteiger partial charge in [0.1, 0.15) is 17.5 Å². The quantitative estimate of drug-likeness (QED) is 0.164. The fourth-order valence-corrected chi connectivity index (χ4v) is 5.55. The highest BCUT2D eigenvalue weighted by Gasteiger charge is 2.29. The summed E-state index contributed by atoms with van der Waals surface area (Å²) < 4.78 is 11.6. The Morgan fingerprint density at radius 3 is 2.40 bits per heavy atom. The van der Waals surface area contributed by atoms with Gasteiger partial charge >= 0.3 is 0 Å².